The van der Waals surface area contributed by atoms with E-state index in [9.17, 15) is 9.90 Å². The quantitative estimate of drug-likeness (QED) is 0.803. The van der Waals surface area contributed by atoms with Crippen LogP contribution in [-0.4, -0.2) is 33.6 Å². The number of nitrogens with one attached hydrogen (secondary N) is 2. The SMILES string of the molecule is O=C(N[C@@H]1[C@H]2CC[C@@H](C2)[C@@H]1CO)c1nc2ccccc2[nH]1. The van der Waals surface area contributed by atoms with Crippen LogP contribution in [0.25, 0.3) is 11.0 Å². The van der Waals surface area contributed by atoms with Crippen LogP contribution in [0.15, 0.2) is 24.3 Å². The molecule has 2 fully saturated rings. The van der Waals surface area contributed by atoms with E-state index in [1.54, 1.807) is 0 Å². The normalized spacial score (nSPS) is 30.9. The van der Waals surface area contributed by atoms with Crippen LogP contribution >= 0.6 is 0 Å². The molecular weight excluding hydrogens is 266 g/mol. The van der Waals surface area contributed by atoms with Gasteiger partial charge >= 0.3 is 0 Å². The molecule has 2 bridgehead atoms. The lowest BCUT2D eigenvalue weighted by atomic mass is 9.85. The lowest BCUT2D eigenvalue weighted by Crippen LogP contribution is -2.45. The highest BCUT2D eigenvalue weighted by Gasteiger charge is 2.47. The van der Waals surface area contributed by atoms with Gasteiger partial charge in [-0.05, 0) is 43.2 Å². The van der Waals surface area contributed by atoms with Crippen molar-refractivity contribution in [1.82, 2.24) is 15.3 Å². The van der Waals surface area contributed by atoms with E-state index in [1.807, 2.05) is 24.3 Å². The van der Waals surface area contributed by atoms with Gasteiger partial charge in [-0.15, -0.1) is 0 Å². The van der Waals surface area contributed by atoms with Crippen LogP contribution in [0.5, 0.6) is 0 Å². The van der Waals surface area contributed by atoms with Gasteiger partial charge in [-0.3, -0.25) is 4.79 Å². The van der Waals surface area contributed by atoms with E-state index in [-0.39, 0.29) is 24.5 Å². The summed E-state index contributed by atoms with van der Waals surface area (Å²) in [5.41, 5.74) is 1.67. The van der Waals surface area contributed by atoms with E-state index in [1.165, 1.54) is 6.42 Å². The standard InChI is InChI=1S/C16H19N3O2/c20-8-11-9-5-6-10(7-9)14(11)19-16(21)15-17-12-3-1-2-4-13(12)18-15/h1-4,9-11,14,20H,5-8H2,(H,17,18)(H,19,21)/t9-,10-,11-,14+/m0/s1. The summed E-state index contributed by atoms with van der Waals surface area (Å²) in [6, 6.07) is 7.71. The van der Waals surface area contributed by atoms with Crippen molar-refractivity contribution in [3.05, 3.63) is 30.1 Å². The number of carbonyl (C=O) groups excluding carboxylic acids is 1. The van der Waals surface area contributed by atoms with Crippen molar-refractivity contribution in [2.75, 3.05) is 6.61 Å². The third kappa shape index (κ3) is 2.03. The molecule has 2 aliphatic carbocycles. The fraction of sp³-hybridized carbons (Fsp3) is 0.500. The number of aromatic nitrogens is 2. The first-order valence-electron chi connectivity index (χ1n) is 7.62. The highest BCUT2D eigenvalue weighted by molar-refractivity contribution is 5.94. The number of hydrogen-bond acceptors (Lipinski definition) is 3. The summed E-state index contributed by atoms with van der Waals surface area (Å²) in [7, 11) is 0. The Labute approximate surface area is 122 Å². The minimum atomic E-state index is -0.165. The molecule has 0 aliphatic heterocycles. The fourth-order valence-corrected chi connectivity index (χ4v) is 4.18. The summed E-state index contributed by atoms with van der Waals surface area (Å²) in [4.78, 5) is 19.8. The van der Waals surface area contributed by atoms with Crippen molar-refractivity contribution in [1.29, 1.82) is 0 Å². The zero-order valence-electron chi connectivity index (χ0n) is 11.7. The Bertz CT molecular complexity index is 648. The summed E-state index contributed by atoms with van der Waals surface area (Å²) in [6.45, 7) is 0.159. The maximum atomic E-state index is 12.4. The molecule has 5 nitrogen and oxygen atoms in total. The molecule has 3 N–H and O–H groups in total. The summed E-state index contributed by atoms with van der Waals surface area (Å²) < 4.78 is 0. The highest BCUT2D eigenvalue weighted by atomic mass is 16.3. The van der Waals surface area contributed by atoms with Crippen LogP contribution in [-0.2, 0) is 0 Å². The second-order valence-electron chi connectivity index (χ2n) is 6.28. The molecule has 5 heteroatoms. The average Bonchev–Trinajstić information content (AvgIpc) is 3.20. The van der Waals surface area contributed by atoms with Crippen LogP contribution in [0.2, 0.25) is 0 Å². The second kappa shape index (κ2) is 4.84. The van der Waals surface area contributed by atoms with Crippen LogP contribution in [0.3, 0.4) is 0 Å². The number of aromatic amines is 1. The molecule has 0 unspecified atom stereocenters. The van der Waals surface area contributed by atoms with Gasteiger partial charge in [0.25, 0.3) is 5.91 Å². The number of hydrogen-bond donors (Lipinski definition) is 3. The predicted molar refractivity (Wildman–Crippen MR) is 78.8 cm³/mol. The van der Waals surface area contributed by atoms with E-state index >= 15 is 0 Å². The van der Waals surface area contributed by atoms with Crippen LogP contribution < -0.4 is 5.32 Å². The molecule has 2 aromatic rings. The topological polar surface area (TPSA) is 78.0 Å². The molecule has 0 radical (unpaired) electrons. The van der Waals surface area contributed by atoms with E-state index in [2.05, 4.69) is 15.3 Å². The molecule has 1 amide bonds. The molecule has 4 rings (SSSR count). The molecule has 110 valence electrons. The lowest BCUT2D eigenvalue weighted by Gasteiger charge is -2.30. The van der Waals surface area contributed by atoms with E-state index < -0.39 is 0 Å². The second-order valence-corrected chi connectivity index (χ2v) is 6.28. The fourth-order valence-electron chi connectivity index (χ4n) is 4.18. The number of rotatable bonds is 3. The molecule has 1 aromatic heterocycles. The van der Waals surface area contributed by atoms with Crippen LogP contribution in [0.1, 0.15) is 29.9 Å². The van der Waals surface area contributed by atoms with E-state index in [0.717, 1.165) is 23.9 Å². The van der Waals surface area contributed by atoms with Gasteiger partial charge in [-0.2, -0.15) is 0 Å². The van der Waals surface area contributed by atoms with Crippen molar-refractivity contribution in [3.63, 3.8) is 0 Å². The Morgan fingerprint density at radius 3 is 2.95 bits per heavy atom. The molecule has 1 aromatic carbocycles. The predicted octanol–water partition coefficient (Wildman–Crippen LogP) is 1.70. The maximum absolute atomic E-state index is 12.4. The van der Waals surface area contributed by atoms with E-state index in [0.29, 0.717) is 17.7 Å². The van der Waals surface area contributed by atoms with Gasteiger partial charge in [-0.1, -0.05) is 12.1 Å². The minimum absolute atomic E-state index is 0.0921. The molecule has 21 heavy (non-hydrogen) atoms. The summed E-state index contributed by atoms with van der Waals surface area (Å²) in [6.07, 6.45) is 3.48. The number of fused-ring (bicyclic) bond motifs is 3. The van der Waals surface area contributed by atoms with Gasteiger partial charge in [0, 0.05) is 18.6 Å². The van der Waals surface area contributed by atoms with Crippen molar-refractivity contribution in [2.45, 2.75) is 25.3 Å². The number of H-pyrrole nitrogens is 1. The van der Waals surface area contributed by atoms with Gasteiger partial charge in [-0.25, -0.2) is 4.98 Å². The third-order valence-corrected chi connectivity index (χ3v) is 5.20. The Morgan fingerprint density at radius 1 is 1.33 bits per heavy atom. The zero-order valence-corrected chi connectivity index (χ0v) is 11.7. The first-order chi connectivity index (χ1) is 10.3. The van der Waals surface area contributed by atoms with Crippen LogP contribution in [0, 0.1) is 17.8 Å². The molecule has 2 aliphatic rings. The largest absolute Gasteiger partial charge is 0.396 e. The van der Waals surface area contributed by atoms with Gasteiger partial charge in [0.15, 0.2) is 5.82 Å². The van der Waals surface area contributed by atoms with Crippen molar-refractivity contribution in [2.24, 2.45) is 17.8 Å². The number of benzene rings is 1. The molecule has 2 saturated carbocycles. The Morgan fingerprint density at radius 2 is 2.14 bits per heavy atom. The first kappa shape index (κ1) is 12.8. The number of para-hydroxylation sites is 2. The van der Waals surface area contributed by atoms with Crippen molar-refractivity contribution >= 4 is 16.9 Å². The molecule has 0 spiro atoms. The lowest BCUT2D eigenvalue weighted by molar-refractivity contribution is 0.0852. The Kier molecular flexibility index (Phi) is 2.96. The zero-order chi connectivity index (χ0) is 14.4. The summed E-state index contributed by atoms with van der Waals surface area (Å²) >= 11 is 0. The first-order valence-corrected chi connectivity index (χ1v) is 7.62. The smallest absolute Gasteiger partial charge is 0.287 e. The maximum Gasteiger partial charge on any atom is 0.287 e. The van der Waals surface area contributed by atoms with E-state index in [4.69, 9.17) is 0 Å². The number of nitrogens with zero attached hydrogens (tertiary/aromatic N) is 1. The monoisotopic (exact) mass is 285 g/mol. The minimum Gasteiger partial charge on any atom is -0.396 e. The van der Waals surface area contributed by atoms with Crippen molar-refractivity contribution in [3.8, 4) is 0 Å². The molecule has 0 saturated heterocycles. The number of aliphatic hydroxyl groups is 1. The average molecular weight is 285 g/mol. The number of imidazole rings is 1. The number of amides is 1. The van der Waals surface area contributed by atoms with Gasteiger partial charge < -0.3 is 15.4 Å². The third-order valence-electron chi connectivity index (χ3n) is 5.20. The van der Waals surface area contributed by atoms with Crippen LogP contribution in [0.4, 0.5) is 0 Å². The van der Waals surface area contributed by atoms with Gasteiger partial charge in [0.1, 0.15) is 0 Å². The summed E-state index contributed by atoms with van der Waals surface area (Å²) in [5.74, 6) is 1.48. The molecule has 4 atom stereocenters. The summed E-state index contributed by atoms with van der Waals surface area (Å²) in [5, 5.41) is 12.7. The Balaban J connectivity index is 1.55. The van der Waals surface area contributed by atoms with Crippen molar-refractivity contribution < 1.29 is 9.90 Å². The Hall–Kier alpha value is -1.88. The van der Waals surface area contributed by atoms with Gasteiger partial charge in [0.05, 0.1) is 11.0 Å². The molecular formula is C16H19N3O2. The number of aliphatic hydroxyl groups excluding tert-OH is 1. The number of carbonyl (C=O) groups is 1. The molecule has 1 heterocycles. The highest BCUT2D eigenvalue weighted by Crippen LogP contribution is 2.48. The van der Waals surface area contributed by atoms with Gasteiger partial charge in [0.2, 0.25) is 0 Å².